The first-order valence-corrected chi connectivity index (χ1v) is 11.1. The number of nitrogens with zero attached hydrogens (tertiary/aromatic N) is 3. The van der Waals surface area contributed by atoms with Crippen LogP contribution in [0.1, 0.15) is 26.7 Å². The number of hydrogen-bond donors (Lipinski definition) is 1. The van der Waals surface area contributed by atoms with E-state index < -0.39 is 34.9 Å². The summed E-state index contributed by atoms with van der Waals surface area (Å²) in [5.74, 6) is -1.70. The number of carbonyl (C=O) groups is 3. The maximum atomic E-state index is 13.0. The number of para-hydroxylation sites is 4. The highest BCUT2D eigenvalue weighted by atomic mass is 16.6. The van der Waals surface area contributed by atoms with Gasteiger partial charge in [-0.2, -0.15) is 0 Å². The average molecular weight is 466 g/mol. The van der Waals surface area contributed by atoms with Crippen molar-refractivity contribution in [2.24, 2.45) is 5.92 Å². The number of ether oxygens (including phenoxy) is 1. The number of anilines is 3. The normalized spacial score (nSPS) is 17.5. The molecule has 2 amide bonds. The zero-order valence-corrected chi connectivity index (χ0v) is 19.0. The number of nitro benzene ring substituents is 1. The molecule has 0 atom stereocenters. The minimum Gasteiger partial charge on any atom is -0.455 e. The van der Waals surface area contributed by atoms with Gasteiger partial charge >= 0.3 is 5.97 Å². The maximum absolute atomic E-state index is 13.0. The molecule has 0 saturated carbocycles. The fourth-order valence-electron chi connectivity index (χ4n) is 4.46. The molecule has 0 unspecified atom stereocenters. The lowest BCUT2D eigenvalue weighted by molar-refractivity contribution is -0.384. The van der Waals surface area contributed by atoms with Gasteiger partial charge in [0.1, 0.15) is 11.2 Å². The summed E-state index contributed by atoms with van der Waals surface area (Å²) in [6, 6.07) is 13.5. The predicted molar refractivity (Wildman–Crippen MR) is 126 cm³/mol. The molecule has 1 fully saturated rings. The molecule has 4 rings (SSSR count). The standard InChI is InChI=1S/C24H26N4O6/c1-24(2)23(31)25-17-7-3-4-8-18(17)27(24)21(29)15-34-22(30)16-11-13-26(14-12-16)19-9-5-6-10-20(19)28(32)33/h3-10,16H,11-15H2,1-2H3,(H,25,31). The van der Waals surface area contributed by atoms with Gasteiger partial charge in [0.25, 0.3) is 11.6 Å². The first-order chi connectivity index (χ1) is 16.2. The Hall–Kier alpha value is -3.95. The van der Waals surface area contributed by atoms with Crippen LogP contribution in [-0.4, -0.2) is 47.9 Å². The molecular formula is C24H26N4O6. The summed E-state index contributed by atoms with van der Waals surface area (Å²) in [7, 11) is 0. The number of esters is 1. The lowest BCUT2D eigenvalue weighted by Gasteiger charge is -2.42. The molecule has 2 aliphatic heterocycles. The van der Waals surface area contributed by atoms with Crippen LogP contribution in [0.2, 0.25) is 0 Å². The Labute approximate surface area is 196 Å². The van der Waals surface area contributed by atoms with Gasteiger partial charge in [0, 0.05) is 19.2 Å². The molecular weight excluding hydrogens is 440 g/mol. The van der Waals surface area contributed by atoms with E-state index >= 15 is 0 Å². The number of nitro groups is 1. The van der Waals surface area contributed by atoms with E-state index in [0.717, 1.165) is 0 Å². The summed E-state index contributed by atoms with van der Waals surface area (Å²) in [6.45, 7) is 3.72. The topological polar surface area (TPSA) is 122 Å². The molecule has 2 aromatic rings. The Morgan fingerprint density at radius 1 is 1.09 bits per heavy atom. The Kier molecular flexibility index (Phi) is 6.23. The second-order valence-corrected chi connectivity index (χ2v) is 8.87. The number of amides is 2. The predicted octanol–water partition coefficient (Wildman–Crippen LogP) is 3.12. The Morgan fingerprint density at radius 2 is 1.71 bits per heavy atom. The van der Waals surface area contributed by atoms with Crippen LogP contribution in [0.4, 0.5) is 22.7 Å². The van der Waals surface area contributed by atoms with Gasteiger partial charge in [0.05, 0.1) is 22.2 Å². The fourth-order valence-corrected chi connectivity index (χ4v) is 4.46. The zero-order chi connectivity index (χ0) is 24.5. The van der Waals surface area contributed by atoms with Crippen LogP contribution in [0.15, 0.2) is 48.5 Å². The van der Waals surface area contributed by atoms with E-state index in [-0.39, 0.29) is 11.6 Å². The minimum atomic E-state index is -1.15. The third-order valence-electron chi connectivity index (χ3n) is 6.34. The SMILES string of the molecule is CC1(C)C(=O)Nc2ccccc2N1C(=O)COC(=O)C1CCN(c2ccccc2[N+](=O)[O-])CC1. The van der Waals surface area contributed by atoms with Crippen molar-refractivity contribution in [1.82, 2.24) is 0 Å². The summed E-state index contributed by atoms with van der Waals surface area (Å²) in [5, 5.41) is 14.1. The summed E-state index contributed by atoms with van der Waals surface area (Å²) >= 11 is 0. The summed E-state index contributed by atoms with van der Waals surface area (Å²) in [5.41, 5.74) is 0.481. The number of nitrogens with one attached hydrogen (secondary N) is 1. The molecule has 10 nitrogen and oxygen atoms in total. The van der Waals surface area contributed by atoms with Crippen molar-refractivity contribution >= 4 is 40.5 Å². The highest BCUT2D eigenvalue weighted by Gasteiger charge is 2.44. The molecule has 178 valence electrons. The van der Waals surface area contributed by atoms with E-state index in [1.807, 2.05) is 4.90 Å². The Balaban J connectivity index is 1.37. The molecule has 34 heavy (non-hydrogen) atoms. The monoisotopic (exact) mass is 466 g/mol. The molecule has 2 aromatic carbocycles. The lowest BCUT2D eigenvalue weighted by atomic mass is 9.96. The van der Waals surface area contributed by atoms with E-state index in [2.05, 4.69) is 5.32 Å². The van der Waals surface area contributed by atoms with Crippen molar-refractivity contribution in [1.29, 1.82) is 0 Å². The molecule has 0 radical (unpaired) electrons. The molecule has 0 bridgehead atoms. The summed E-state index contributed by atoms with van der Waals surface area (Å²) in [6.07, 6.45) is 0.916. The van der Waals surface area contributed by atoms with Gasteiger partial charge in [-0.25, -0.2) is 0 Å². The van der Waals surface area contributed by atoms with E-state index in [9.17, 15) is 24.5 Å². The van der Waals surface area contributed by atoms with E-state index in [1.165, 1.54) is 11.0 Å². The minimum absolute atomic E-state index is 0.0302. The van der Waals surface area contributed by atoms with Crippen molar-refractivity contribution in [3.8, 4) is 0 Å². The molecule has 2 aliphatic rings. The van der Waals surface area contributed by atoms with Gasteiger partial charge in [0.15, 0.2) is 6.61 Å². The van der Waals surface area contributed by atoms with Gasteiger partial charge in [-0.3, -0.25) is 29.4 Å². The molecule has 0 aliphatic carbocycles. The summed E-state index contributed by atoms with van der Waals surface area (Å²) < 4.78 is 5.35. The number of rotatable bonds is 5. The van der Waals surface area contributed by atoms with E-state index in [4.69, 9.17) is 4.74 Å². The van der Waals surface area contributed by atoms with Gasteiger partial charge in [-0.05, 0) is 44.9 Å². The highest BCUT2D eigenvalue weighted by molar-refractivity contribution is 6.14. The number of fused-ring (bicyclic) bond motifs is 1. The van der Waals surface area contributed by atoms with Gasteiger partial charge < -0.3 is 15.0 Å². The van der Waals surface area contributed by atoms with Gasteiger partial charge in [0.2, 0.25) is 5.91 Å². The third-order valence-corrected chi connectivity index (χ3v) is 6.34. The lowest BCUT2D eigenvalue weighted by Crippen LogP contribution is -2.59. The van der Waals surface area contributed by atoms with E-state index in [1.54, 1.807) is 56.3 Å². The van der Waals surface area contributed by atoms with Gasteiger partial charge in [-0.1, -0.05) is 24.3 Å². The molecule has 0 aromatic heterocycles. The second kappa shape index (κ2) is 9.12. The largest absolute Gasteiger partial charge is 0.455 e. The van der Waals surface area contributed by atoms with Crippen LogP contribution in [0.5, 0.6) is 0 Å². The molecule has 2 heterocycles. The fraction of sp³-hybridized carbons (Fsp3) is 0.375. The highest BCUT2D eigenvalue weighted by Crippen LogP contribution is 2.37. The van der Waals surface area contributed by atoms with Crippen LogP contribution < -0.4 is 15.1 Å². The molecule has 1 saturated heterocycles. The Bertz CT molecular complexity index is 1140. The van der Waals surface area contributed by atoms with Crippen LogP contribution in [0.25, 0.3) is 0 Å². The first-order valence-electron chi connectivity index (χ1n) is 11.1. The van der Waals surface area contributed by atoms with Gasteiger partial charge in [-0.15, -0.1) is 0 Å². The summed E-state index contributed by atoms with van der Waals surface area (Å²) in [4.78, 5) is 52.4. The van der Waals surface area contributed by atoms with Crippen molar-refractivity contribution in [3.05, 3.63) is 58.6 Å². The van der Waals surface area contributed by atoms with Crippen LogP contribution >= 0.6 is 0 Å². The van der Waals surface area contributed by atoms with Crippen molar-refractivity contribution in [2.45, 2.75) is 32.2 Å². The number of benzene rings is 2. The smallest absolute Gasteiger partial charge is 0.309 e. The quantitative estimate of drug-likeness (QED) is 0.408. The zero-order valence-electron chi connectivity index (χ0n) is 19.0. The van der Waals surface area contributed by atoms with Crippen LogP contribution in [0, 0.1) is 16.0 Å². The van der Waals surface area contributed by atoms with Crippen molar-refractivity contribution in [3.63, 3.8) is 0 Å². The number of piperidine rings is 1. The Morgan fingerprint density at radius 3 is 2.38 bits per heavy atom. The van der Waals surface area contributed by atoms with Crippen LogP contribution in [-0.2, 0) is 19.1 Å². The first kappa shape index (κ1) is 23.2. The van der Waals surface area contributed by atoms with Crippen molar-refractivity contribution in [2.75, 3.05) is 34.8 Å². The average Bonchev–Trinajstić information content (AvgIpc) is 2.83. The number of hydrogen-bond acceptors (Lipinski definition) is 7. The molecule has 0 spiro atoms. The van der Waals surface area contributed by atoms with Crippen molar-refractivity contribution < 1.29 is 24.0 Å². The maximum Gasteiger partial charge on any atom is 0.309 e. The number of carbonyl (C=O) groups excluding carboxylic acids is 3. The third kappa shape index (κ3) is 4.30. The molecule has 1 N–H and O–H groups in total. The van der Waals surface area contributed by atoms with Crippen LogP contribution in [0.3, 0.4) is 0 Å². The molecule has 10 heteroatoms. The van der Waals surface area contributed by atoms with E-state index in [0.29, 0.717) is 43.0 Å². The second-order valence-electron chi connectivity index (χ2n) is 8.87.